The van der Waals surface area contributed by atoms with E-state index in [1.165, 1.54) is 18.3 Å². The minimum absolute atomic E-state index is 0.175. The number of nitrogens with zero attached hydrogens (tertiary/aromatic N) is 2. The molecule has 1 fully saturated rings. The highest BCUT2D eigenvalue weighted by atomic mass is 35.5. The number of halogens is 1. The molecule has 0 spiro atoms. The number of aromatic nitrogens is 1. The van der Waals surface area contributed by atoms with E-state index >= 15 is 0 Å². The van der Waals surface area contributed by atoms with Gasteiger partial charge in [0.15, 0.2) is 0 Å². The summed E-state index contributed by atoms with van der Waals surface area (Å²) in [6.07, 6.45) is 5.22. The molecule has 0 unspecified atom stereocenters. The molecule has 4 nitrogen and oxygen atoms in total. The van der Waals surface area contributed by atoms with Gasteiger partial charge in [0.2, 0.25) is 10.0 Å². The maximum absolute atomic E-state index is 12.5. The highest BCUT2D eigenvalue weighted by Crippen LogP contribution is 2.32. The summed E-state index contributed by atoms with van der Waals surface area (Å²) >= 11 is 5.76. The normalized spacial score (nSPS) is 16.2. The van der Waals surface area contributed by atoms with E-state index in [4.69, 9.17) is 11.6 Å². The summed E-state index contributed by atoms with van der Waals surface area (Å²) in [7, 11) is -3.42. The van der Waals surface area contributed by atoms with Crippen molar-refractivity contribution in [1.29, 1.82) is 0 Å². The Balaban J connectivity index is 2.27. The molecule has 1 saturated carbocycles. The predicted octanol–water partition coefficient (Wildman–Crippen LogP) is 2.69. The molecule has 6 heteroatoms. The van der Waals surface area contributed by atoms with Gasteiger partial charge in [-0.2, -0.15) is 4.31 Å². The zero-order valence-corrected chi connectivity index (χ0v) is 11.9. The molecule has 2 rings (SSSR count). The summed E-state index contributed by atoms with van der Waals surface area (Å²) in [6, 6.07) is 3.09. The standard InChI is InChI=1S/C12H17ClN2O2S/c1-2-3-8-15(10-4-5-10)18(16,17)11-6-7-14-12(13)9-11/h6-7,9-10H,2-5,8H2,1H3. The van der Waals surface area contributed by atoms with Gasteiger partial charge in [0.1, 0.15) is 5.15 Å². The summed E-state index contributed by atoms with van der Waals surface area (Å²) in [5, 5.41) is 0.210. The predicted molar refractivity (Wildman–Crippen MR) is 71.1 cm³/mol. The Morgan fingerprint density at radius 1 is 1.50 bits per heavy atom. The Morgan fingerprint density at radius 3 is 2.78 bits per heavy atom. The van der Waals surface area contributed by atoms with Gasteiger partial charge in [0.25, 0.3) is 0 Å². The van der Waals surface area contributed by atoms with Crippen LogP contribution in [0.2, 0.25) is 5.15 Å². The molecule has 0 N–H and O–H groups in total. The minimum atomic E-state index is -3.42. The Labute approximate surface area is 113 Å². The van der Waals surface area contributed by atoms with E-state index in [-0.39, 0.29) is 16.1 Å². The molecule has 1 aliphatic carbocycles. The molecule has 0 atom stereocenters. The topological polar surface area (TPSA) is 50.3 Å². The fourth-order valence-corrected chi connectivity index (χ4v) is 3.83. The van der Waals surface area contributed by atoms with Crippen molar-refractivity contribution in [3.63, 3.8) is 0 Å². The van der Waals surface area contributed by atoms with Gasteiger partial charge >= 0.3 is 0 Å². The zero-order valence-electron chi connectivity index (χ0n) is 10.3. The van der Waals surface area contributed by atoms with Crippen molar-refractivity contribution in [2.75, 3.05) is 6.54 Å². The summed E-state index contributed by atoms with van der Waals surface area (Å²) in [5.41, 5.74) is 0. The average molecular weight is 289 g/mol. The number of hydrogen-bond acceptors (Lipinski definition) is 3. The third-order valence-corrected chi connectivity index (χ3v) is 5.15. The maximum Gasteiger partial charge on any atom is 0.243 e. The van der Waals surface area contributed by atoms with Crippen LogP contribution in [-0.4, -0.2) is 30.3 Å². The molecule has 1 aliphatic rings. The highest BCUT2D eigenvalue weighted by molar-refractivity contribution is 7.89. The van der Waals surface area contributed by atoms with Crippen molar-refractivity contribution < 1.29 is 8.42 Å². The lowest BCUT2D eigenvalue weighted by molar-refractivity contribution is 0.395. The molecule has 1 heterocycles. The quantitative estimate of drug-likeness (QED) is 0.756. The van der Waals surface area contributed by atoms with Gasteiger partial charge in [0, 0.05) is 18.8 Å². The Hall–Kier alpha value is -0.650. The second-order valence-electron chi connectivity index (χ2n) is 4.51. The van der Waals surface area contributed by atoms with Gasteiger partial charge in [-0.3, -0.25) is 0 Å². The van der Waals surface area contributed by atoms with Gasteiger partial charge in [-0.15, -0.1) is 0 Å². The van der Waals surface area contributed by atoms with E-state index in [2.05, 4.69) is 11.9 Å². The van der Waals surface area contributed by atoms with Crippen molar-refractivity contribution in [2.24, 2.45) is 0 Å². The molecule has 0 saturated heterocycles. The summed E-state index contributed by atoms with van der Waals surface area (Å²) in [4.78, 5) is 4.06. The molecular weight excluding hydrogens is 272 g/mol. The Kier molecular flexibility index (Phi) is 4.25. The summed E-state index contributed by atoms with van der Waals surface area (Å²) < 4.78 is 26.6. The summed E-state index contributed by atoms with van der Waals surface area (Å²) in [5.74, 6) is 0. The minimum Gasteiger partial charge on any atom is -0.244 e. The number of pyridine rings is 1. The number of rotatable bonds is 6. The van der Waals surface area contributed by atoms with E-state index < -0.39 is 10.0 Å². The molecule has 0 aliphatic heterocycles. The third-order valence-electron chi connectivity index (χ3n) is 2.99. The van der Waals surface area contributed by atoms with Gasteiger partial charge in [-0.25, -0.2) is 13.4 Å². The van der Waals surface area contributed by atoms with Crippen LogP contribution in [0, 0.1) is 0 Å². The molecule has 1 aromatic heterocycles. The van der Waals surface area contributed by atoms with E-state index in [1.807, 2.05) is 0 Å². The zero-order chi connectivity index (χ0) is 13.2. The largest absolute Gasteiger partial charge is 0.244 e. The van der Waals surface area contributed by atoms with Crippen LogP contribution in [0.3, 0.4) is 0 Å². The molecule has 100 valence electrons. The molecule has 18 heavy (non-hydrogen) atoms. The fraction of sp³-hybridized carbons (Fsp3) is 0.583. The van der Waals surface area contributed by atoms with Gasteiger partial charge in [0.05, 0.1) is 4.90 Å². The van der Waals surface area contributed by atoms with Crippen molar-refractivity contribution in [1.82, 2.24) is 9.29 Å². The SMILES string of the molecule is CCCCN(C1CC1)S(=O)(=O)c1ccnc(Cl)c1. The first-order valence-electron chi connectivity index (χ1n) is 6.19. The molecule has 0 radical (unpaired) electrons. The number of sulfonamides is 1. The Bertz CT molecular complexity index is 515. The lowest BCUT2D eigenvalue weighted by Crippen LogP contribution is -2.34. The molecule has 1 aromatic rings. The van der Waals surface area contributed by atoms with Crippen molar-refractivity contribution in [2.45, 2.75) is 43.5 Å². The van der Waals surface area contributed by atoms with E-state index in [9.17, 15) is 8.42 Å². The lowest BCUT2D eigenvalue weighted by Gasteiger charge is -2.21. The number of unbranched alkanes of at least 4 members (excludes halogenated alkanes) is 1. The van der Waals surface area contributed by atoms with Crippen LogP contribution in [0.5, 0.6) is 0 Å². The van der Waals surface area contributed by atoms with E-state index in [1.54, 1.807) is 4.31 Å². The van der Waals surface area contributed by atoms with Crippen LogP contribution in [0.4, 0.5) is 0 Å². The molecule has 0 amide bonds. The van der Waals surface area contributed by atoms with Crippen molar-refractivity contribution in [3.05, 3.63) is 23.5 Å². The van der Waals surface area contributed by atoms with Crippen LogP contribution in [0.25, 0.3) is 0 Å². The first kappa shape index (κ1) is 13.8. The molecular formula is C12H17ClN2O2S. The van der Waals surface area contributed by atoms with Crippen LogP contribution >= 0.6 is 11.6 Å². The van der Waals surface area contributed by atoms with Crippen molar-refractivity contribution in [3.8, 4) is 0 Å². The number of hydrogen-bond donors (Lipinski definition) is 0. The highest BCUT2D eigenvalue weighted by Gasteiger charge is 2.37. The first-order valence-corrected chi connectivity index (χ1v) is 8.01. The van der Waals surface area contributed by atoms with Gasteiger partial charge in [-0.05, 0) is 31.4 Å². The summed E-state index contributed by atoms with van der Waals surface area (Å²) in [6.45, 7) is 2.64. The van der Waals surface area contributed by atoms with Gasteiger partial charge < -0.3 is 0 Å². The Morgan fingerprint density at radius 2 is 2.22 bits per heavy atom. The van der Waals surface area contributed by atoms with Crippen LogP contribution < -0.4 is 0 Å². The van der Waals surface area contributed by atoms with Crippen LogP contribution in [-0.2, 0) is 10.0 Å². The monoisotopic (exact) mass is 288 g/mol. The van der Waals surface area contributed by atoms with Crippen LogP contribution in [0.1, 0.15) is 32.6 Å². The fourth-order valence-electron chi connectivity index (χ4n) is 1.86. The average Bonchev–Trinajstić information content (AvgIpc) is 3.14. The second-order valence-corrected chi connectivity index (χ2v) is 6.79. The second kappa shape index (κ2) is 5.55. The lowest BCUT2D eigenvalue weighted by atomic mass is 10.3. The molecule has 0 bridgehead atoms. The molecule has 0 aromatic carbocycles. The smallest absolute Gasteiger partial charge is 0.243 e. The van der Waals surface area contributed by atoms with E-state index in [0.29, 0.717) is 6.54 Å². The van der Waals surface area contributed by atoms with Gasteiger partial charge in [-0.1, -0.05) is 24.9 Å². The third kappa shape index (κ3) is 3.02. The van der Waals surface area contributed by atoms with Crippen LogP contribution in [0.15, 0.2) is 23.2 Å². The maximum atomic E-state index is 12.5. The van der Waals surface area contributed by atoms with Crippen molar-refractivity contribution >= 4 is 21.6 Å². The van der Waals surface area contributed by atoms with E-state index in [0.717, 1.165) is 25.7 Å². The first-order chi connectivity index (χ1) is 8.55.